The van der Waals surface area contributed by atoms with Crippen LogP contribution in [0, 0.1) is 5.41 Å². The van der Waals surface area contributed by atoms with Crippen LogP contribution in [0.25, 0.3) is 0 Å². The van der Waals surface area contributed by atoms with Crippen molar-refractivity contribution in [1.82, 2.24) is 9.80 Å². The fourth-order valence-corrected chi connectivity index (χ4v) is 4.59. The van der Waals surface area contributed by atoms with Gasteiger partial charge in [0.1, 0.15) is 0 Å². The zero-order chi connectivity index (χ0) is 18.6. The summed E-state index contributed by atoms with van der Waals surface area (Å²) in [4.78, 5) is 28.3. The van der Waals surface area contributed by atoms with Crippen LogP contribution in [-0.4, -0.2) is 54.3 Å². The Morgan fingerprint density at radius 2 is 1.92 bits per heavy atom. The Balaban J connectivity index is 1.66. The minimum atomic E-state index is -0.214. The van der Waals surface area contributed by atoms with Crippen molar-refractivity contribution in [2.75, 3.05) is 32.7 Å². The van der Waals surface area contributed by atoms with E-state index in [1.807, 2.05) is 18.2 Å². The summed E-state index contributed by atoms with van der Waals surface area (Å²) in [6, 6.07) is 10.3. The second-order valence-corrected chi connectivity index (χ2v) is 7.93. The van der Waals surface area contributed by atoms with Crippen molar-refractivity contribution in [2.45, 2.75) is 44.9 Å². The van der Waals surface area contributed by atoms with Gasteiger partial charge in [0.05, 0.1) is 5.92 Å². The lowest BCUT2D eigenvalue weighted by molar-refractivity contribution is -0.141. The van der Waals surface area contributed by atoms with Gasteiger partial charge in [-0.25, -0.2) is 0 Å². The van der Waals surface area contributed by atoms with Gasteiger partial charge in [-0.1, -0.05) is 30.3 Å². The van der Waals surface area contributed by atoms with Gasteiger partial charge in [0.15, 0.2) is 0 Å². The van der Waals surface area contributed by atoms with Crippen molar-refractivity contribution < 1.29 is 9.59 Å². The highest BCUT2D eigenvalue weighted by Crippen LogP contribution is 2.45. The van der Waals surface area contributed by atoms with Gasteiger partial charge in [-0.15, -0.1) is 0 Å². The first-order chi connectivity index (χ1) is 12.5. The van der Waals surface area contributed by atoms with Crippen molar-refractivity contribution in [3.63, 3.8) is 0 Å². The van der Waals surface area contributed by atoms with Crippen LogP contribution in [-0.2, 0) is 9.59 Å². The van der Waals surface area contributed by atoms with Crippen molar-refractivity contribution in [3.05, 3.63) is 35.9 Å². The lowest BCUT2D eigenvalue weighted by Gasteiger charge is -2.50. The predicted molar refractivity (Wildman–Crippen MR) is 103 cm³/mol. The molecule has 0 radical (unpaired) electrons. The lowest BCUT2D eigenvalue weighted by atomic mass is 9.67. The average molecular weight is 357 g/mol. The largest absolute Gasteiger partial charge is 0.370 e. The van der Waals surface area contributed by atoms with Crippen LogP contribution in [0.15, 0.2) is 30.3 Å². The number of nitrogens with two attached hydrogens (primary N) is 1. The van der Waals surface area contributed by atoms with E-state index in [4.69, 9.17) is 5.73 Å². The molecule has 3 rings (SSSR count). The number of nitrogens with zero attached hydrogens (tertiary/aromatic N) is 2. The molecule has 2 fully saturated rings. The van der Waals surface area contributed by atoms with Gasteiger partial charge in [-0.2, -0.15) is 0 Å². The second kappa shape index (κ2) is 8.21. The molecule has 2 amide bonds. The lowest BCUT2D eigenvalue weighted by Crippen LogP contribution is -2.54. The van der Waals surface area contributed by atoms with Gasteiger partial charge in [0, 0.05) is 19.5 Å². The van der Waals surface area contributed by atoms with Gasteiger partial charge < -0.3 is 15.5 Å². The number of piperidine rings is 2. The number of carbonyl (C=O) groups is 2. The minimum Gasteiger partial charge on any atom is -0.370 e. The molecule has 0 aliphatic carbocycles. The monoisotopic (exact) mass is 357 g/mol. The number of likely N-dealkylation sites (tertiary alicyclic amines) is 2. The molecule has 1 aromatic carbocycles. The number of carbonyl (C=O) groups excluding carboxylic acids is 2. The van der Waals surface area contributed by atoms with Crippen LogP contribution < -0.4 is 5.73 Å². The van der Waals surface area contributed by atoms with Crippen LogP contribution in [0.1, 0.15) is 50.5 Å². The van der Waals surface area contributed by atoms with E-state index >= 15 is 0 Å². The Morgan fingerprint density at radius 3 is 2.54 bits per heavy atom. The fraction of sp³-hybridized carbons (Fsp3) is 0.619. The van der Waals surface area contributed by atoms with E-state index in [9.17, 15) is 9.59 Å². The van der Waals surface area contributed by atoms with Crippen molar-refractivity contribution in [2.24, 2.45) is 11.1 Å². The van der Waals surface area contributed by atoms with E-state index in [1.165, 1.54) is 0 Å². The molecule has 1 atom stereocenters. The molecule has 2 heterocycles. The van der Waals surface area contributed by atoms with Crippen LogP contribution >= 0.6 is 0 Å². The predicted octanol–water partition coefficient (Wildman–Crippen LogP) is 2.37. The number of hydrogen-bond donors (Lipinski definition) is 1. The first-order valence-electron chi connectivity index (χ1n) is 9.87. The maximum Gasteiger partial charge on any atom is 0.230 e. The maximum atomic E-state index is 12.9. The highest BCUT2D eigenvalue weighted by atomic mass is 16.2. The van der Waals surface area contributed by atoms with Crippen molar-refractivity contribution in [3.8, 4) is 0 Å². The molecule has 0 aromatic heterocycles. The molecule has 0 bridgehead atoms. The first kappa shape index (κ1) is 18.9. The van der Waals surface area contributed by atoms with Crippen LogP contribution in [0.2, 0.25) is 0 Å². The molecule has 2 aliphatic rings. The molecular formula is C21H31N3O2. The Labute approximate surface area is 156 Å². The molecule has 1 spiro atoms. The van der Waals surface area contributed by atoms with Crippen LogP contribution in [0.5, 0.6) is 0 Å². The van der Waals surface area contributed by atoms with E-state index < -0.39 is 0 Å². The Kier molecular flexibility index (Phi) is 5.97. The molecule has 5 nitrogen and oxygen atoms in total. The standard InChI is InChI=1S/C21H31N3O2/c1-2-24-16-21(10-13-23(14-11-21)12-6-9-19(22)25)15-18(20(24)26)17-7-4-3-5-8-17/h3-5,7-8,18H,2,6,9-16H2,1H3,(H2,22,25)/t18-/m1/s1. The highest BCUT2D eigenvalue weighted by molar-refractivity contribution is 5.84. The summed E-state index contributed by atoms with van der Waals surface area (Å²) in [7, 11) is 0. The summed E-state index contributed by atoms with van der Waals surface area (Å²) in [5.41, 5.74) is 6.62. The summed E-state index contributed by atoms with van der Waals surface area (Å²) in [6.45, 7) is 6.79. The minimum absolute atomic E-state index is 0.00804. The van der Waals surface area contributed by atoms with Crippen molar-refractivity contribution in [1.29, 1.82) is 0 Å². The number of hydrogen-bond acceptors (Lipinski definition) is 3. The molecule has 0 saturated carbocycles. The zero-order valence-corrected chi connectivity index (χ0v) is 15.8. The zero-order valence-electron chi connectivity index (χ0n) is 15.8. The summed E-state index contributed by atoms with van der Waals surface area (Å²) >= 11 is 0. The molecule has 142 valence electrons. The average Bonchev–Trinajstić information content (AvgIpc) is 2.66. The summed E-state index contributed by atoms with van der Waals surface area (Å²) in [5, 5.41) is 0. The fourth-order valence-electron chi connectivity index (χ4n) is 4.59. The SMILES string of the molecule is CCN1CC2(CCN(CCCC(N)=O)CC2)C[C@H](c2ccccc2)C1=O. The molecule has 26 heavy (non-hydrogen) atoms. The molecule has 2 N–H and O–H groups in total. The van der Waals surface area contributed by atoms with E-state index in [1.54, 1.807) is 0 Å². The molecule has 1 aromatic rings. The van der Waals surface area contributed by atoms with E-state index in [2.05, 4.69) is 28.9 Å². The van der Waals surface area contributed by atoms with Crippen molar-refractivity contribution >= 4 is 11.8 Å². The van der Waals surface area contributed by atoms with Gasteiger partial charge in [0.2, 0.25) is 11.8 Å². The number of rotatable bonds is 6. The van der Waals surface area contributed by atoms with Crippen LogP contribution in [0.3, 0.4) is 0 Å². The van der Waals surface area contributed by atoms with Crippen LogP contribution in [0.4, 0.5) is 0 Å². The third-order valence-electron chi connectivity index (χ3n) is 6.17. The van der Waals surface area contributed by atoms with Gasteiger partial charge in [-0.3, -0.25) is 9.59 Å². The smallest absolute Gasteiger partial charge is 0.230 e. The molecule has 5 heteroatoms. The summed E-state index contributed by atoms with van der Waals surface area (Å²) < 4.78 is 0. The van der Waals surface area contributed by atoms with E-state index in [0.29, 0.717) is 6.42 Å². The molecule has 0 unspecified atom stereocenters. The Morgan fingerprint density at radius 1 is 1.23 bits per heavy atom. The molecule has 2 saturated heterocycles. The normalized spacial score (nSPS) is 23.3. The highest BCUT2D eigenvalue weighted by Gasteiger charge is 2.45. The topological polar surface area (TPSA) is 66.6 Å². The Hall–Kier alpha value is -1.88. The summed E-state index contributed by atoms with van der Waals surface area (Å²) in [5.74, 6) is 0.0630. The third-order valence-corrected chi connectivity index (χ3v) is 6.17. The van der Waals surface area contributed by atoms with E-state index in [0.717, 1.165) is 64.0 Å². The molecule has 2 aliphatic heterocycles. The second-order valence-electron chi connectivity index (χ2n) is 7.93. The first-order valence-corrected chi connectivity index (χ1v) is 9.87. The number of benzene rings is 1. The van der Waals surface area contributed by atoms with E-state index in [-0.39, 0.29) is 23.1 Å². The number of amides is 2. The summed E-state index contributed by atoms with van der Waals surface area (Å²) in [6.07, 6.45) is 4.51. The molecular weight excluding hydrogens is 326 g/mol. The third kappa shape index (κ3) is 4.26. The number of primary amides is 1. The van der Waals surface area contributed by atoms with Gasteiger partial charge >= 0.3 is 0 Å². The van der Waals surface area contributed by atoms with Gasteiger partial charge in [-0.05, 0) is 63.2 Å². The Bertz CT molecular complexity index is 623. The maximum absolute atomic E-state index is 12.9. The van der Waals surface area contributed by atoms with Gasteiger partial charge in [0.25, 0.3) is 0 Å². The number of likely N-dealkylation sites (N-methyl/N-ethyl adjacent to an activating group) is 1. The quantitative estimate of drug-likeness (QED) is 0.850.